The molecule has 25 heavy (non-hydrogen) atoms. The van der Waals surface area contributed by atoms with Crippen molar-refractivity contribution in [2.24, 2.45) is 0 Å². The largest absolute Gasteiger partial charge is 0.480 e. The quantitative estimate of drug-likeness (QED) is 0.827. The zero-order valence-corrected chi connectivity index (χ0v) is 14.8. The summed E-state index contributed by atoms with van der Waals surface area (Å²) in [5.41, 5.74) is 1.43. The fraction of sp³-hybridized carbons (Fsp3) is 0.444. The van der Waals surface area contributed by atoms with Crippen LogP contribution in [0.3, 0.4) is 0 Å². The lowest BCUT2D eigenvalue weighted by Gasteiger charge is -2.24. The number of methoxy groups -OCH3 is 1. The summed E-state index contributed by atoms with van der Waals surface area (Å²) >= 11 is 0. The lowest BCUT2D eigenvalue weighted by atomic mass is 10.1. The van der Waals surface area contributed by atoms with E-state index < -0.39 is 0 Å². The van der Waals surface area contributed by atoms with Crippen LogP contribution in [0.4, 0.5) is 0 Å². The Labute approximate surface area is 147 Å². The molecule has 1 saturated heterocycles. The van der Waals surface area contributed by atoms with Crippen LogP contribution in [0.25, 0.3) is 0 Å². The van der Waals surface area contributed by atoms with E-state index in [9.17, 15) is 4.79 Å². The number of carbonyl (C=O) groups excluding carboxylic acids is 1. The standard InChI is InChI=1S/C18H23N5O2/c1-22(2)12-13-8-10-19-16(21-13)15-7-5-11-23(15)18(24)14-6-4-9-20-17(14)25-3/h4,6,8-10,15H,5,7,11-12H2,1-3H3/t15-/m1/s1. The Morgan fingerprint density at radius 3 is 2.92 bits per heavy atom. The molecule has 3 rings (SSSR count). The van der Waals surface area contributed by atoms with Crippen LogP contribution in [0, 0.1) is 0 Å². The molecule has 0 bridgehead atoms. The van der Waals surface area contributed by atoms with E-state index >= 15 is 0 Å². The van der Waals surface area contributed by atoms with Crippen molar-refractivity contribution < 1.29 is 9.53 Å². The molecule has 0 aromatic carbocycles. The van der Waals surface area contributed by atoms with E-state index in [1.54, 1.807) is 24.5 Å². The van der Waals surface area contributed by atoms with Gasteiger partial charge in [0.2, 0.25) is 5.88 Å². The van der Waals surface area contributed by atoms with Crippen LogP contribution in [0.1, 0.15) is 40.8 Å². The zero-order valence-electron chi connectivity index (χ0n) is 14.8. The second-order valence-corrected chi connectivity index (χ2v) is 6.36. The van der Waals surface area contributed by atoms with Gasteiger partial charge in [0, 0.05) is 25.5 Å². The van der Waals surface area contributed by atoms with Crippen LogP contribution in [0.15, 0.2) is 30.6 Å². The van der Waals surface area contributed by atoms with Crippen molar-refractivity contribution in [3.63, 3.8) is 0 Å². The van der Waals surface area contributed by atoms with Crippen LogP contribution < -0.4 is 4.74 Å². The van der Waals surface area contributed by atoms with E-state index in [1.807, 2.05) is 25.1 Å². The molecule has 132 valence electrons. The minimum Gasteiger partial charge on any atom is -0.480 e. The van der Waals surface area contributed by atoms with Gasteiger partial charge in [0.15, 0.2) is 5.82 Å². The summed E-state index contributed by atoms with van der Waals surface area (Å²) in [6, 6.07) is 5.29. The first-order valence-electron chi connectivity index (χ1n) is 8.36. The van der Waals surface area contributed by atoms with Crippen molar-refractivity contribution in [3.05, 3.63) is 47.7 Å². The average molecular weight is 341 g/mol. The van der Waals surface area contributed by atoms with E-state index in [0.29, 0.717) is 23.8 Å². The maximum absolute atomic E-state index is 13.0. The van der Waals surface area contributed by atoms with Crippen molar-refractivity contribution in [3.8, 4) is 5.88 Å². The highest BCUT2D eigenvalue weighted by Crippen LogP contribution is 2.32. The summed E-state index contributed by atoms with van der Waals surface area (Å²) in [7, 11) is 5.53. The van der Waals surface area contributed by atoms with Gasteiger partial charge in [-0.1, -0.05) is 0 Å². The van der Waals surface area contributed by atoms with E-state index in [-0.39, 0.29) is 11.9 Å². The van der Waals surface area contributed by atoms with Crippen molar-refractivity contribution in [1.29, 1.82) is 0 Å². The number of aromatic nitrogens is 3. The molecule has 7 heteroatoms. The molecule has 0 aliphatic carbocycles. The molecule has 0 spiro atoms. The van der Waals surface area contributed by atoms with E-state index in [2.05, 4.69) is 19.9 Å². The molecule has 1 amide bonds. The Hall–Kier alpha value is -2.54. The van der Waals surface area contributed by atoms with Gasteiger partial charge in [-0.3, -0.25) is 4.79 Å². The number of carbonyl (C=O) groups is 1. The number of nitrogens with zero attached hydrogens (tertiary/aromatic N) is 5. The molecule has 3 heterocycles. The van der Waals surface area contributed by atoms with Crippen LogP contribution in [0.5, 0.6) is 5.88 Å². The molecule has 1 aliphatic rings. The highest BCUT2D eigenvalue weighted by Gasteiger charge is 2.34. The van der Waals surface area contributed by atoms with Gasteiger partial charge >= 0.3 is 0 Å². The number of likely N-dealkylation sites (tertiary alicyclic amines) is 1. The van der Waals surface area contributed by atoms with E-state index in [1.165, 1.54) is 7.11 Å². The predicted octanol–water partition coefficient (Wildman–Crippen LogP) is 1.92. The number of amides is 1. The third-order valence-corrected chi connectivity index (χ3v) is 4.22. The summed E-state index contributed by atoms with van der Waals surface area (Å²) in [6.07, 6.45) is 5.18. The van der Waals surface area contributed by atoms with Gasteiger partial charge in [-0.25, -0.2) is 15.0 Å². The minimum absolute atomic E-state index is 0.0888. The lowest BCUT2D eigenvalue weighted by molar-refractivity contribution is 0.0725. The maximum Gasteiger partial charge on any atom is 0.259 e. The number of pyridine rings is 1. The molecule has 0 unspecified atom stereocenters. The van der Waals surface area contributed by atoms with Gasteiger partial charge in [-0.05, 0) is 45.1 Å². The number of hydrogen-bond donors (Lipinski definition) is 0. The van der Waals surface area contributed by atoms with Gasteiger partial charge in [-0.2, -0.15) is 0 Å². The molecule has 2 aromatic rings. The van der Waals surface area contributed by atoms with Crippen molar-refractivity contribution >= 4 is 5.91 Å². The Kier molecular flexibility index (Phi) is 5.23. The fourth-order valence-corrected chi connectivity index (χ4v) is 3.13. The molecule has 1 atom stereocenters. The predicted molar refractivity (Wildman–Crippen MR) is 93.2 cm³/mol. The van der Waals surface area contributed by atoms with Gasteiger partial charge in [0.1, 0.15) is 5.56 Å². The first kappa shape index (κ1) is 17.3. The van der Waals surface area contributed by atoms with Crippen molar-refractivity contribution in [2.45, 2.75) is 25.4 Å². The smallest absolute Gasteiger partial charge is 0.259 e. The molecule has 1 aliphatic heterocycles. The summed E-state index contributed by atoms with van der Waals surface area (Å²) < 4.78 is 5.23. The molecule has 7 nitrogen and oxygen atoms in total. The number of ether oxygens (including phenoxy) is 1. The molecule has 0 N–H and O–H groups in total. The van der Waals surface area contributed by atoms with Gasteiger partial charge < -0.3 is 14.5 Å². The first-order valence-corrected chi connectivity index (χ1v) is 8.36. The van der Waals surface area contributed by atoms with Crippen LogP contribution in [-0.4, -0.2) is 58.4 Å². The second-order valence-electron chi connectivity index (χ2n) is 6.36. The highest BCUT2D eigenvalue weighted by atomic mass is 16.5. The van der Waals surface area contributed by atoms with Gasteiger partial charge in [-0.15, -0.1) is 0 Å². The van der Waals surface area contributed by atoms with Gasteiger partial charge in [0.05, 0.1) is 18.8 Å². The summed E-state index contributed by atoms with van der Waals surface area (Å²) in [4.78, 5) is 30.1. The normalized spacial score (nSPS) is 17.1. The number of hydrogen-bond acceptors (Lipinski definition) is 6. The Balaban J connectivity index is 1.86. The third kappa shape index (κ3) is 3.76. The summed E-state index contributed by atoms with van der Waals surface area (Å²) in [6.45, 7) is 1.43. The minimum atomic E-state index is -0.112. The molecule has 1 fully saturated rings. The van der Waals surface area contributed by atoms with Crippen molar-refractivity contribution in [1.82, 2.24) is 24.8 Å². The van der Waals surface area contributed by atoms with E-state index in [0.717, 1.165) is 25.1 Å². The highest BCUT2D eigenvalue weighted by molar-refractivity contribution is 5.96. The second kappa shape index (κ2) is 7.57. The molecular weight excluding hydrogens is 318 g/mol. The lowest BCUT2D eigenvalue weighted by Crippen LogP contribution is -2.32. The zero-order chi connectivity index (χ0) is 17.8. The maximum atomic E-state index is 13.0. The topological polar surface area (TPSA) is 71.5 Å². The molecular formula is C18H23N5O2. The van der Waals surface area contributed by atoms with Crippen LogP contribution in [0.2, 0.25) is 0 Å². The summed E-state index contributed by atoms with van der Waals surface area (Å²) in [5.74, 6) is 0.961. The monoisotopic (exact) mass is 341 g/mol. The van der Waals surface area contributed by atoms with Crippen LogP contribution >= 0.6 is 0 Å². The van der Waals surface area contributed by atoms with E-state index in [4.69, 9.17) is 4.74 Å². The Morgan fingerprint density at radius 1 is 1.32 bits per heavy atom. The molecule has 2 aromatic heterocycles. The molecule has 0 saturated carbocycles. The average Bonchev–Trinajstić information content (AvgIpc) is 3.10. The fourth-order valence-electron chi connectivity index (χ4n) is 3.13. The number of rotatable bonds is 5. The summed E-state index contributed by atoms with van der Waals surface area (Å²) in [5, 5.41) is 0. The van der Waals surface area contributed by atoms with Crippen LogP contribution in [-0.2, 0) is 6.54 Å². The van der Waals surface area contributed by atoms with Gasteiger partial charge in [0.25, 0.3) is 5.91 Å². The van der Waals surface area contributed by atoms with Crippen molar-refractivity contribution in [2.75, 3.05) is 27.7 Å². The molecule has 0 radical (unpaired) electrons. The Bertz CT molecular complexity index is 750. The first-order chi connectivity index (χ1) is 12.1. The third-order valence-electron chi connectivity index (χ3n) is 4.22. The Morgan fingerprint density at radius 2 is 2.16 bits per heavy atom. The SMILES string of the molecule is COc1ncccc1C(=O)N1CCC[C@@H]1c1nccc(CN(C)C)n1.